The van der Waals surface area contributed by atoms with Crippen LogP contribution in [0, 0.1) is 6.92 Å². The minimum atomic E-state index is -0.106. The smallest absolute Gasteiger partial charge is 0.265 e. The first-order valence-corrected chi connectivity index (χ1v) is 7.47. The van der Waals surface area contributed by atoms with Gasteiger partial charge in [0.1, 0.15) is 0 Å². The first-order valence-electron chi connectivity index (χ1n) is 5.78. The van der Waals surface area contributed by atoms with Crippen LogP contribution in [0.3, 0.4) is 0 Å². The number of carbonyl (C=O) groups excluding carboxylic acids is 1. The van der Waals surface area contributed by atoms with Gasteiger partial charge in [0.15, 0.2) is 0 Å². The Hall–Kier alpha value is -1.85. The zero-order chi connectivity index (χ0) is 13.4. The molecule has 3 nitrogen and oxygen atoms in total. The van der Waals surface area contributed by atoms with E-state index < -0.39 is 0 Å². The molecule has 19 heavy (non-hydrogen) atoms. The molecule has 0 saturated carbocycles. The summed E-state index contributed by atoms with van der Waals surface area (Å²) < 4.78 is 2.29. The van der Waals surface area contributed by atoms with Crippen LogP contribution in [0.1, 0.15) is 15.2 Å². The molecule has 2 heterocycles. The van der Waals surface area contributed by atoms with Crippen LogP contribution in [-0.2, 0) is 0 Å². The number of nitrogen functional groups attached to an aromatic ring is 1. The van der Waals surface area contributed by atoms with Gasteiger partial charge < -0.3 is 11.1 Å². The lowest BCUT2D eigenvalue weighted by Crippen LogP contribution is -2.11. The van der Waals surface area contributed by atoms with Gasteiger partial charge in [0.2, 0.25) is 0 Å². The van der Waals surface area contributed by atoms with Crippen molar-refractivity contribution >= 4 is 49.4 Å². The Morgan fingerprint density at radius 1 is 1.21 bits per heavy atom. The molecular weight excluding hydrogens is 276 g/mol. The van der Waals surface area contributed by atoms with Crippen molar-refractivity contribution in [2.24, 2.45) is 0 Å². The predicted molar refractivity (Wildman–Crippen MR) is 83.2 cm³/mol. The normalized spacial score (nSPS) is 10.8. The Morgan fingerprint density at radius 2 is 2.05 bits per heavy atom. The Labute approximate surface area is 118 Å². The number of benzene rings is 1. The highest BCUT2D eigenvalue weighted by atomic mass is 32.1. The molecule has 3 N–H and O–H groups in total. The van der Waals surface area contributed by atoms with E-state index in [0.29, 0.717) is 16.3 Å². The van der Waals surface area contributed by atoms with E-state index in [0.717, 1.165) is 15.0 Å². The van der Waals surface area contributed by atoms with Crippen LogP contribution in [0.5, 0.6) is 0 Å². The minimum Gasteiger partial charge on any atom is -0.397 e. The molecule has 3 aromatic rings. The molecule has 0 aliphatic rings. The standard InChI is InChI=1S/C14H12N2OS2/c1-8-2-3-9(15)10(6-8)16-14(17)13-7-12-11(19-13)4-5-18-12/h2-7H,15H2,1H3,(H,16,17). The molecule has 0 atom stereocenters. The van der Waals surface area contributed by atoms with Crippen LogP contribution < -0.4 is 11.1 Å². The number of nitrogens with one attached hydrogen (secondary N) is 1. The van der Waals surface area contributed by atoms with Gasteiger partial charge in [-0.05, 0) is 42.1 Å². The Bertz CT molecular complexity index is 729. The third-order valence-electron chi connectivity index (χ3n) is 2.82. The van der Waals surface area contributed by atoms with Crippen LogP contribution in [0.2, 0.25) is 0 Å². The monoisotopic (exact) mass is 288 g/mol. The lowest BCUT2D eigenvalue weighted by Gasteiger charge is -2.07. The highest BCUT2D eigenvalue weighted by molar-refractivity contribution is 7.27. The van der Waals surface area contributed by atoms with Crippen molar-refractivity contribution in [2.45, 2.75) is 6.92 Å². The molecule has 0 fully saturated rings. The van der Waals surface area contributed by atoms with E-state index in [9.17, 15) is 4.79 Å². The maximum absolute atomic E-state index is 12.2. The van der Waals surface area contributed by atoms with Crippen LogP contribution in [0.4, 0.5) is 11.4 Å². The first-order chi connectivity index (χ1) is 9.13. The fourth-order valence-electron chi connectivity index (χ4n) is 1.84. The SMILES string of the molecule is Cc1ccc(N)c(NC(=O)c2cc3sccc3s2)c1. The molecule has 1 aromatic carbocycles. The molecule has 3 rings (SSSR count). The summed E-state index contributed by atoms with van der Waals surface area (Å²) in [7, 11) is 0. The van der Waals surface area contributed by atoms with Crippen molar-refractivity contribution in [2.75, 3.05) is 11.1 Å². The molecule has 0 radical (unpaired) electrons. The number of hydrogen-bond acceptors (Lipinski definition) is 4. The zero-order valence-corrected chi connectivity index (χ0v) is 11.9. The maximum Gasteiger partial charge on any atom is 0.265 e. The van der Waals surface area contributed by atoms with Gasteiger partial charge in [-0.1, -0.05) is 6.07 Å². The Kier molecular flexibility index (Phi) is 3.00. The van der Waals surface area contributed by atoms with E-state index in [-0.39, 0.29) is 5.91 Å². The van der Waals surface area contributed by atoms with Crippen LogP contribution in [0.25, 0.3) is 9.40 Å². The van der Waals surface area contributed by atoms with Crippen LogP contribution in [-0.4, -0.2) is 5.91 Å². The second kappa shape index (κ2) is 4.68. The van der Waals surface area contributed by atoms with Gasteiger partial charge >= 0.3 is 0 Å². The van der Waals surface area contributed by atoms with Crippen LogP contribution >= 0.6 is 22.7 Å². The zero-order valence-electron chi connectivity index (χ0n) is 10.3. The summed E-state index contributed by atoms with van der Waals surface area (Å²) in [5, 5.41) is 4.90. The van der Waals surface area contributed by atoms with Crippen molar-refractivity contribution in [3.8, 4) is 0 Å². The van der Waals surface area contributed by atoms with Gasteiger partial charge in [-0.3, -0.25) is 4.79 Å². The molecule has 0 aliphatic heterocycles. The fraction of sp³-hybridized carbons (Fsp3) is 0.0714. The number of fused-ring (bicyclic) bond motifs is 1. The number of carbonyl (C=O) groups is 1. The number of hydrogen-bond donors (Lipinski definition) is 2. The Balaban J connectivity index is 1.88. The molecule has 0 saturated heterocycles. The molecule has 5 heteroatoms. The summed E-state index contributed by atoms with van der Waals surface area (Å²) in [6.45, 7) is 1.97. The lowest BCUT2D eigenvalue weighted by molar-refractivity contribution is 0.103. The summed E-state index contributed by atoms with van der Waals surface area (Å²) in [6, 6.07) is 9.56. The predicted octanol–water partition coefficient (Wildman–Crippen LogP) is 4.11. The lowest BCUT2D eigenvalue weighted by atomic mass is 10.2. The van der Waals surface area contributed by atoms with E-state index in [4.69, 9.17) is 5.73 Å². The largest absolute Gasteiger partial charge is 0.397 e. The topological polar surface area (TPSA) is 55.1 Å². The fourth-order valence-corrected chi connectivity index (χ4v) is 3.84. The highest BCUT2D eigenvalue weighted by Crippen LogP contribution is 2.30. The minimum absolute atomic E-state index is 0.106. The van der Waals surface area contributed by atoms with Crippen molar-refractivity contribution in [3.63, 3.8) is 0 Å². The summed E-state index contributed by atoms with van der Waals surface area (Å²) in [4.78, 5) is 12.9. The van der Waals surface area contributed by atoms with E-state index in [1.807, 2.05) is 36.6 Å². The average Bonchev–Trinajstić information content (AvgIpc) is 2.94. The van der Waals surface area contributed by atoms with Gasteiger partial charge in [-0.15, -0.1) is 22.7 Å². The highest BCUT2D eigenvalue weighted by Gasteiger charge is 2.12. The number of nitrogens with two attached hydrogens (primary N) is 1. The Morgan fingerprint density at radius 3 is 2.84 bits per heavy atom. The molecule has 0 bridgehead atoms. The van der Waals surface area contributed by atoms with Crippen molar-refractivity contribution in [1.82, 2.24) is 0 Å². The number of thiophene rings is 2. The van der Waals surface area contributed by atoms with Gasteiger partial charge in [0, 0.05) is 9.40 Å². The number of anilines is 2. The van der Waals surface area contributed by atoms with Gasteiger partial charge in [-0.25, -0.2) is 0 Å². The summed E-state index contributed by atoms with van der Waals surface area (Å²) in [5.74, 6) is -0.106. The molecule has 2 aromatic heterocycles. The van der Waals surface area contributed by atoms with Gasteiger partial charge in [0.05, 0.1) is 16.3 Å². The number of rotatable bonds is 2. The summed E-state index contributed by atoms with van der Waals surface area (Å²) >= 11 is 3.14. The summed E-state index contributed by atoms with van der Waals surface area (Å²) in [5.41, 5.74) is 8.18. The quantitative estimate of drug-likeness (QED) is 0.697. The van der Waals surface area contributed by atoms with Crippen LogP contribution in [0.15, 0.2) is 35.7 Å². The van der Waals surface area contributed by atoms with E-state index in [1.165, 1.54) is 11.3 Å². The molecule has 96 valence electrons. The summed E-state index contributed by atoms with van der Waals surface area (Å²) in [6.07, 6.45) is 0. The van der Waals surface area contributed by atoms with Crippen molar-refractivity contribution < 1.29 is 4.79 Å². The van der Waals surface area contributed by atoms with E-state index in [1.54, 1.807) is 17.4 Å². The molecule has 1 amide bonds. The molecule has 0 unspecified atom stereocenters. The van der Waals surface area contributed by atoms with Crippen molar-refractivity contribution in [3.05, 3.63) is 46.2 Å². The number of amides is 1. The number of aryl methyl sites for hydroxylation is 1. The average molecular weight is 288 g/mol. The molecule has 0 aliphatic carbocycles. The van der Waals surface area contributed by atoms with Crippen molar-refractivity contribution in [1.29, 1.82) is 0 Å². The second-order valence-electron chi connectivity index (χ2n) is 4.30. The second-order valence-corrected chi connectivity index (χ2v) is 6.34. The third-order valence-corrected chi connectivity index (χ3v) is 4.91. The van der Waals surface area contributed by atoms with Gasteiger partial charge in [0.25, 0.3) is 5.91 Å². The van der Waals surface area contributed by atoms with Gasteiger partial charge in [-0.2, -0.15) is 0 Å². The third kappa shape index (κ3) is 2.34. The molecular formula is C14H12N2OS2. The molecule has 0 spiro atoms. The maximum atomic E-state index is 12.2. The first kappa shape index (κ1) is 12.2. The van der Waals surface area contributed by atoms with E-state index in [2.05, 4.69) is 5.32 Å². The van der Waals surface area contributed by atoms with E-state index >= 15 is 0 Å².